The maximum absolute atomic E-state index is 12.8. The van der Waals surface area contributed by atoms with E-state index in [4.69, 9.17) is 32.8 Å². The number of aliphatic hydroxyl groups excluding tert-OH is 7. The molecule has 49 heavy (non-hydrogen) atoms. The highest BCUT2D eigenvalue weighted by molar-refractivity contribution is 6.10. The molecule has 0 spiro atoms. The van der Waals surface area contributed by atoms with Crippen LogP contribution in [0.2, 0.25) is 0 Å². The number of rotatable bonds is 8. The molecule has 6 rings (SSSR count). The van der Waals surface area contributed by atoms with Gasteiger partial charge in [-0.15, -0.1) is 0 Å². The zero-order valence-electron chi connectivity index (χ0n) is 26.1. The van der Waals surface area contributed by atoms with Gasteiger partial charge in [-0.05, 0) is 30.9 Å². The normalized spacial score (nSPS) is 38.3. The second-order valence-electron chi connectivity index (χ2n) is 12.5. The summed E-state index contributed by atoms with van der Waals surface area (Å²) in [6.07, 6.45) is -19.3. The van der Waals surface area contributed by atoms with Crippen LogP contribution in [-0.2, 0) is 23.7 Å². The number of ether oxygens (including phenoxy) is 6. The van der Waals surface area contributed by atoms with E-state index in [-0.39, 0.29) is 27.9 Å². The van der Waals surface area contributed by atoms with E-state index in [1.807, 2.05) is 0 Å². The largest absolute Gasteiger partial charge is 0.508 e. The Kier molecular flexibility index (Phi) is 9.80. The molecule has 0 unspecified atom stereocenters. The van der Waals surface area contributed by atoms with Gasteiger partial charge in [0.05, 0.1) is 42.8 Å². The summed E-state index contributed by atoms with van der Waals surface area (Å²) in [5.74, 6) is -0.851. The fourth-order valence-corrected chi connectivity index (χ4v) is 6.23. The number of phenolic OH excluding ortho intramolecular Hbond substituents is 2. The van der Waals surface area contributed by atoms with Crippen molar-refractivity contribution in [1.29, 1.82) is 0 Å². The molecule has 2 aromatic carbocycles. The average molecular weight is 699 g/mol. The molecule has 3 saturated heterocycles. The summed E-state index contributed by atoms with van der Waals surface area (Å²) < 4.78 is 39.6. The number of hydrogen-bond acceptors (Lipinski definition) is 18. The SMILES string of the molecule is Cc1cc2cc(O)cc(O)c2c2oc(=O)cc(O[C@@H]3O[C@H](CO[C@@H]4O[C@@H](C)[C@H](O)[C@@H](O)[C@H]4O)[C@@H](O)[C@H](O)[C@H]3O[C@@H]3OC[C@](O)(CO)[C@H]3O)c12. The highest BCUT2D eigenvalue weighted by atomic mass is 16.8. The Morgan fingerprint density at radius 3 is 2.31 bits per heavy atom. The lowest BCUT2D eigenvalue weighted by atomic mass is 9.97. The Labute approximate surface area is 276 Å². The second kappa shape index (κ2) is 13.5. The molecule has 3 aliphatic heterocycles. The summed E-state index contributed by atoms with van der Waals surface area (Å²) in [6, 6.07) is 4.93. The fourth-order valence-electron chi connectivity index (χ4n) is 6.23. The number of fused-ring (bicyclic) bond motifs is 3. The smallest absolute Gasteiger partial charge is 0.339 e. The number of benzene rings is 2. The summed E-state index contributed by atoms with van der Waals surface area (Å²) in [7, 11) is 0. The van der Waals surface area contributed by atoms with Gasteiger partial charge in [0.1, 0.15) is 65.6 Å². The van der Waals surface area contributed by atoms with Crippen LogP contribution in [0.15, 0.2) is 33.5 Å². The van der Waals surface area contributed by atoms with E-state index < -0.39 is 111 Å². The second-order valence-corrected chi connectivity index (χ2v) is 12.5. The third-order valence-electron chi connectivity index (χ3n) is 9.04. The van der Waals surface area contributed by atoms with Crippen molar-refractivity contribution in [2.45, 2.75) is 93.3 Å². The Morgan fingerprint density at radius 1 is 0.878 bits per heavy atom. The lowest BCUT2D eigenvalue weighted by Gasteiger charge is -2.44. The number of aliphatic hydroxyl groups is 8. The van der Waals surface area contributed by atoms with Crippen molar-refractivity contribution in [3.8, 4) is 17.2 Å². The summed E-state index contributed by atoms with van der Waals surface area (Å²) in [5.41, 5.74) is -2.72. The Morgan fingerprint density at radius 2 is 1.61 bits per heavy atom. The van der Waals surface area contributed by atoms with Gasteiger partial charge in [-0.25, -0.2) is 4.79 Å². The topological polar surface area (TPSA) is 288 Å². The van der Waals surface area contributed by atoms with E-state index in [9.17, 15) is 55.9 Å². The molecule has 18 heteroatoms. The first kappa shape index (κ1) is 35.6. The lowest BCUT2D eigenvalue weighted by molar-refractivity contribution is -0.335. The van der Waals surface area contributed by atoms with E-state index in [2.05, 4.69) is 0 Å². The predicted molar refractivity (Wildman–Crippen MR) is 160 cm³/mol. The molecule has 0 amide bonds. The molecule has 3 aliphatic rings. The first-order valence-corrected chi connectivity index (χ1v) is 15.3. The van der Waals surface area contributed by atoms with E-state index in [1.54, 1.807) is 13.0 Å². The van der Waals surface area contributed by atoms with Crippen LogP contribution in [-0.4, -0.2) is 150 Å². The van der Waals surface area contributed by atoms with Crippen molar-refractivity contribution < 1.29 is 83.9 Å². The molecular weight excluding hydrogens is 660 g/mol. The maximum atomic E-state index is 12.8. The van der Waals surface area contributed by atoms with Crippen molar-refractivity contribution in [3.05, 3.63) is 40.2 Å². The number of hydrogen-bond donors (Lipinski definition) is 10. The third-order valence-corrected chi connectivity index (χ3v) is 9.04. The molecule has 4 heterocycles. The molecule has 10 N–H and O–H groups in total. The first-order valence-electron chi connectivity index (χ1n) is 15.3. The zero-order chi connectivity index (χ0) is 35.5. The molecule has 18 nitrogen and oxygen atoms in total. The van der Waals surface area contributed by atoms with Crippen LogP contribution in [0.5, 0.6) is 17.2 Å². The van der Waals surface area contributed by atoms with E-state index in [1.165, 1.54) is 13.0 Å². The molecule has 3 aromatic rings. The molecule has 0 aliphatic carbocycles. The summed E-state index contributed by atoms with van der Waals surface area (Å²) in [6.45, 7) is 1.02. The van der Waals surface area contributed by atoms with Crippen molar-refractivity contribution in [3.63, 3.8) is 0 Å². The van der Waals surface area contributed by atoms with Gasteiger partial charge >= 0.3 is 5.63 Å². The monoisotopic (exact) mass is 698 g/mol. The standard InChI is InChI=1S/C31H38O18/c1-10-3-12-4-13(33)5-14(34)19(12)25-18(10)15(6-17(35)48-25)46-29-26(49-30-27(41)31(42,8-32)9-44-30)23(39)21(37)16(47-29)7-43-28-24(40)22(38)20(36)11(2)45-28/h3-6,11,16,20-24,26-30,32-34,36-42H,7-9H2,1-2H3/t11-,16+,20-,21+,22+,23-,24+,26+,27-,28+,29+,30-,31+/m0/s1. The molecule has 13 atom stereocenters. The van der Waals surface area contributed by atoms with Crippen LogP contribution in [0, 0.1) is 6.92 Å². The maximum Gasteiger partial charge on any atom is 0.339 e. The molecule has 0 saturated carbocycles. The van der Waals surface area contributed by atoms with Gasteiger partial charge in [-0.3, -0.25) is 0 Å². The Balaban J connectivity index is 1.35. The minimum absolute atomic E-state index is 0.0680. The van der Waals surface area contributed by atoms with Gasteiger partial charge in [-0.1, -0.05) is 6.07 Å². The quantitative estimate of drug-likeness (QED) is 0.0837. The van der Waals surface area contributed by atoms with E-state index >= 15 is 0 Å². The van der Waals surface area contributed by atoms with Crippen molar-refractivity contribution in [2.75, 3.05) is 19.8 Å². The van der Waals surface area contributed by atoms with Gasteiger partial charge in [0.2, 0.25) is 6.29 Å². The van der Waals surface area contributed by atoms with Gasteiger partial charge in [0.15, 0.2) is 24.3 Å². The molecule has 0 bridgehead atoms. The fraction of sp³-hybridized carbons (Fsp3) is 0.581. The van der Waals surface area contributed by atoms with Crippen LogP contribution >= 0.6 is 0 Å². The van der Waals surface area contributed by atoms with Crippen LogP contribution < -0.4 is 10.4 Å². The first-order chi connectivity index (χ1) is 23.1. The van der Waals surface area contributed by atoms with Gasteiger partial charge in [0.25, 0.3) is 0 Å². The van der Waals surface area contributed by atoms with Crippen LogP contribution in [0.4, 0.5) is 0 Å². The third kappa shape index (κ3) is 6.45. The molecule has 3 fully saturated rings. The summed E-state index contributed by atoms with van der Waals surface area (Å²) in [4.78, 5) is 12.8. The number of aryl methyl sites for hydroxylation is 1. The number of aromatic hydroxyl groups is 2. The zero-order valence-corrected chi connectivity index (χ0v) is 26.1. The van der Waals surface area contributed by atoms with Gasteiger partial charge in [-0.2, -0.15) is 0 Å². The Hall–Kier alpha value is -3.21. The lowest BCUT2D eigenvalue weighted by Crippen LogP contribution is -2.63. The molecule has 270 valence electrons. The van der Waals surface area contributed by atoms with Crippen LogP contribution in [0.3, 0.4) is 0 Å². The van der Waals surface area contributed by atoms with E-state index in [0.29, 0.717) is 10.9 Å². The van der Waals surface area contributed by atoms with Crippen molar-refractivity contribution in [1.82, 2.24) is 0 Å². The minimum atomic E-state index is -2.12. The number of phenols is 2. The van der Waals surface area contributed by atoms with Crippen LogP contribution in [0.25, 0.3) is 21.7 Å². The highest BCUT2D eigenvalue weighted by Crippen LogP contribution is 2.41. The highest BCUT2D eigenvalue weighted by Gasteiger charge is 2.54. The Bertz CT molecular complexity index is 1730. The van der Waals surface area contributed by atoms with Crippen molar-refractivity contribution in [2.24, 2.45) is 0 Å². The van der Waals surface area contributed by atoms with E-state index in [0.717, 1.165) is 12.1 Å². The van der Waals surface area contributed by atoms with Crippen LogP contribution in [0.1, 0.15) is 12.5 Å². The molecule has 1 aromatic heterocycles. The van der Waals surface area contributed by atoms with Gasteiger partial charge < -0.3 is 83.9 Å². The summed E-state index contributed by atoms with van der Waals surface area (Å²) in [5, 5.41) is 105. The van der Waals surface area contributed by atoms with Crippen molar-refractivity contribution >= 4 is 21.7 Å². The minimum Gasteiger partial charge on any atom is -0.508 e. The molecule has 0 radical (unpaired) electrons. The summed E-state index contributed by atoms with van der Waals surface area (Å²) >= 11 is 0. The van der Waals surface area contributed by atoms with Gasteiger partial charge in [0, 0.05) is 6.07 Å². The molecular formula is C31H38O18. The average Bonchev–Trinajstić information content (AvgIpc) is 3.33. The predicted octanol–water partition coefficient (Wildman–Crippen LogP) is -2.84.